The summed E-state index contributed by atoms with van der Waals surface area (Å²) in [5.74, 6) is -1.61. The van der Waals surface area contributed by atoms with Crippen molar-refractivity contribution in [2.24, 2.45) is 4.99 Å². The van der Waals surface area contributed by atoms with Crippen molar-refractivity contribution in [2.75, 3.05) is 24.3 Å². The van der Waals surface area contributed by atoms with Gasteiger partial charge < -0.3 is 40.2 Å². The molecule has 290 valence electrons. The molecule has 0 saturated heterocycles. The van der Waals surface area contributed by atoms with Gasteiger partial charge in [0.05, 0.1) is 7.11 Å². The highest BCUT2D eigenvalue weighted by molar-refractivity contribution is 6.07. The summed E-state index contributed by atoms with van der Waals surface area (Å²) in [6.07, 6.45) is -2.15. The zero-order valence-electron chi connectivity index (χ0n) is 32.1. The lowest BCUT2D eigenvalue weighted by atomic mass is 10.1. The van der Waals surface area contributed by atoms with E-state index in [2.05, 4.69) is 36.3 Å². The minimum absolute atomic E-state index is 0.0279. The molecule has 2 rings (SSSR count). The van der Waals surface area contributed by atoms with Crippen LogP contribution in [0.5, 0.6) is 0 Å². The van der Waals surface area contributed by atoms with Gasteiger partial charge in [-0.2, -0.15) is 0 Å². The lowest BCUT2D eigenvalue weighted by Crippen LogP contribution is -2.48. The molecule has 0 unspecified atom stereocenters. The van der Waals surface area contributed by atoms with Gasteiger partial charge in [0.2, 0.25) is 11.9 Å². The molecule has 0 fully saturated rings. The van der Waals surface area contributed by atoms with Crippen molar-refractivity contribution >= 4 is 53.4 Å². The van der Waals surface area contributed by atoms with Crippen molar-refractivity contribution in [1.29, 1.82) is 0 Å². The third-order valence-corrected chi connectivity index (χ3v) is 6.42. The summed E-state index contributed by atoms with van der Waals surface area (Å²) in [6, 6.07) is 12.2. The number of esters is 1. The molecule has 0 aliphatic carbocycles. The fourth-order valence-corrected chi connectivity index (χ4v) is 4.20. The number of carbonyl (C=O) groups is 6. The number of nitrogens with one attached hydrogen (secondary N) is 5. The Bertz CT molecular complexity index is 1620. The van der Waals surface area contributed by atoms with Crippen molar-refractivity contribution in [3.8, 4) is 0 Å². The summed E-state index contributed by atoms with van der Waals surface area (Å²) in [7, 11) is 1.24. The first kappa shape index (κ1) is 43.5. The first-order valence-corrected chi connectivity index (χ1v) is 16.9. The Kier molecular flexibility index (Phi) is 15.8. The number of aliphatic imine (C=N–C) groups is 1. The van der Waals surface area contributed by atoms with E-state index in [1.807, 2.05) is 0 Å². The average Bonchev–Trinajstić information content (AvgIpc) is 3.01. The predicted molar refractivity (Wildman–Crippen MR) is 199 cm³/mol. The third kappa shape index (κ3) is 18.4. The van der Waals surface area contributed by atoms with Crippen molar-refractivity contribution in [2.45, 2.75) is 104 Å². The molecule has 0 radical (unpaired) electrons. The maximum Gasteiger partial charge on any atom is 0.437 e. The van der Waals surface area contributed by atoms with Gasteiger partial charge in [0.1, 0.15) is 22.8 Å². The van der Waals surface area contributed by atoms with Crippen LogP contribution in [0, 0.1) is 0 Å². The van der Waals surface area contributed by atoms with Crippen LogP contribution in [0.1, 0.15) is 91.1 Å². The molecule has 0 spiro atoms. The van der Waals surface area contributed by atoms with Crippen LogP contribution in [0.4, 0.5) is 25.8 Å². The lowest BCUT2D eigenvalue weighted by molar-refractivity contribution is -0.141. The minimum Gasteiger partial charge on any atom is -0.469 e. The smallest absolute Gasteiger partial charge is 0.437 e. The van der Waals surface area contributed by atoms with E-state index >= 15 is 0 Å². The fraction of sp³-hybridized carbons (Fsp3) is 0.486. The number of alkyl carbamates (subject to hydrolysis) is 2. The standard InChI is InChI=1S/C37H52N6O10/c1-35(2,3)51-32(47)41-27(19-20-28(44)50-10)30(46)38-22-21-23-11-15-25(16-12-23)39-29(45)24-13-17-26(18-14-24)40-31(42-33(48)52-36(4,5)6)43-34(49)53-37(7,8)9/h11-18,27H,19-22H2,1-10H3,(H,38,46)(H,39,45)(H,41,47)(H2,40,42,43,48,49)/t27-/m0/s1. The van der Waals surface area contributed by atoms with Gasteiger partial charge in [-0.25, -0.2) is 14.4 Å². The Balaban J connectivity index is 1.99. The maximum atomic E-state index is 13.0. The summed E-state index contributed by atoms with van der Waals surface area (Å²) >= 11 is 0. The molecular formula is C37H52N6O10. The summed E-state index contributed by atoms with van der Waals surface area (Å²) in [6.45, 7) is 15.4. The van der Waals surface area contributed by atoms with Crippen LogP contribution in [0.15, 0.2) is 53.5 Å². The van der Waals surface area contributed by atoms with Crippen LogP contribution in [-0.4, -0.2) is 78.5 Å². The van der Waals surface area contributed by atoms with Gasteiger partial charge in [0, 0.05) is 29.9 Å². The van der Waals surface area contributed by atoms with E-state index in [4.69, 9.17) is 14.2 Å². The largest absolute Gasteiger partial charge is 0.469 e. The number of amides is 5. The monoisotopic (exact) mass is 740 g/mol. The summed E-state index contributed by atoms with van der Waals surface area (Å²) in [4.78, 5) is 78.3. The Hall–Kier alpha value is -5.67. The topological polar surface area (TPSA) is 212 Å². The Morgan fingerprint density at radius 3 is 1.77 bits per heavy atom. The van der Waals surface area contributed by atoms with Gasteiger partial charge in [-0.15, -0.1) is 4.99 Å². The average molecular weight is 741 g/mol. The molecule has 5 N–H and O–H groups in total. The lowest BCUT2D eigenvalue weighted by Gasteiger charge is -2.23. The fourth-order valence-electron chi connectivity index (χ4n) is 4.20. The van der Waals surface area contributed by atoms with Crippen molar-refractivity contribution in [1.82, 2.24) is 16.0 Å². The van der Waals surface area contributed by atoms with E-state index in [0.717, 1.165) is 5.56 Å². The summed E-state index contributed by atoms with van der Waals surface area (Å²) in [5, 5.41) is 13.3. The molecule has 0 aromatic heterocycles. The number of benzene rings is 2. The quantitative estimate of drug-likeness (QED) is 0.0819. The Labute approximate surface area is 310 Å². The number of rotatable bonds is 11. The molecule has 0 heterocycles. The molecular weight excluding hydrogens is 688 g/mol. The number of guanidine groups is 1. The second kappa shape index (κ2) is 19.2. The highest BCUT2D eigenvalue weighted by atomic mass is 16.6. The molecule has 0 bridgehead atoms. The van der Waals surface area contributed by atoms with Gasteiger partial charge in [0.15, 0.2) is 0 Å². The van der Waals surface area contributed by atoms with Crippen molar-refractivity contribution < 1.29 is 47.7 Å². The summed E-state index contributed by atoms with van der Waals surface area (Å²) in [5.41, 5.74) is -0.239. The molecule has 1 atom stereocenters. The van der Waals surface area contributed by atoms with Crippen molar-refractivity contribution in [3.05, 3.63) is 59.7 Å². The molecule has 5 amide bonds. The number of hydrogen-bond donors (Lipinski definition) is 5. The first-order valence-electron chi connectivity index (χ1n) is 16.9. The number of methoxy groups -OCH3 is 1. The highest BCUT2D eigenvalue weighted by Crippen LogP contribution is 2.16. The van der Waals surface area contributed by atoms with E-state index in [1.165, 1.54) is 7.11 Å². The summed E-state index contributed by atoms with van der Waals surface area (Å²) < 4.78 is 20.4. The Morgan fingerprint density at radius 1 is 0.698 bits per heavy atom. The number of hydrogen-bond acceptors (Lipinski definition) is 10. The molecule has 16 heteroatoms. The van der Waals surface area contributed by atoms with Crippen LogP contribution in [0.2, 0.25) is 0 Å². The number of carbonyl (C=O) groups excluding carboxylic acids is 6. The first-order chi connectivity index (χ1) is 24.5. The zero-order valence-corrected chi connectivity index (χ0v) is 32.1. The number of anilines is 2. The van der Waals surface area contributed by atoms with E-state index in [1.54, 1.807) is 111 Å². The van der Waals surface area contributed by atoms with Gasteiger partial charge in [-0.05, 0) is 117 Å². The molecule has 2 aromatic carbocycles. The van der Waals surface area contributed by atoms with Crippen molar-refractivity contribution in [3.63, 3.8) is 0 Å². The number of nitrogens with zero attached hydrogens (tertiary/aromatic N) is 1. The van der Waals surface area contributed by atoms with Crippen LogP contribution >= 0.6 is 0 Å². The van der Waals surface area contributed by atoms with Crippen LogP contribution in [-0.2, 0) is 35.0 Å². The number of ether oxygens (including phenoxy) is 4. The van der Waals surface area contributed by atoms with E-state index in [9.17, 15) is 28.8 Å². The van der Waals surface area contributed by atoms with Crippen LogP contribution < -0.4 is 26.6 Å². The second-order valence-electron chi connectivity index (χ2n) is 14.8. The van der Waals surface area contributed by atoms with Crippen LogP contribution in [0.25, 0.3) is 0 Å². The predicted octanol–water partition coefficient (Wildman–Crippen LogP) is 5.67. The van der Waals surface area contributed by atoms with Gasteiger partial charge >= 0.3 is 24.2 Å². The van der Waals surface area contributed by atoms with Crippen LogP contribution in [0.3, 0.4) is 0 Å². The van der Waals surface area contributed by atoms with E-state index < -0.39 is 53.0 Å². The van der Waals surface area contributed by atoms with E-state index in [-0.39, 0.29) is 31.3 Å². The second-order valence-corrected chi connectivity index (χ2v) is 14.8. The molecule has 0 saturated carbocycles. The zero-order chi connectivity index (χ0) is 40.0. The normalized spacial score (nSPS) is 12.4. The highest BCUT2D eigenvalue weighted by Gasteiger charge is 2.25. The van der Waals surface area contributed by atoms with Gasteiger partial charge in [-0.1, -0.05) is 12.1 Å². The Morgan fingerprint density at radius 2 is 1.23 bits per heavy atom. The maximum absolute atomic E-state index is 13.0. The van der Waals surface area contributed by atoms with Gasteiger partial charge in [0.25, 0.3) is 5.91 Å². The van der Waals surface area contributed by atoms with Gasteiger partial charge in [-0.3, -0.25) is 19.7 Å². The third-order valence-electron chi connectivity index (χ3n) is 6.42. The minimum atomic E-state index is -1.01. The SMILES string of the molecule is COC(=O)CC[C@H](NC(=O)OC(C)(C)C)C(=O)NCCc1ccc(NC(=O)c2ccc(N/C(=N/C(=O)OC(C)(C)C)NC(=O)OC(C)(C)C)cc2)cc1. The molecule has 0 aliphatic heterocycles. The molecule has 53 heavy (non-hydrogen) atoms. The van der Waals surface area contributed by atoms with E-state index in [0.29, 0.717) is 23.4 Å². The molecule has 2 aromatic rings. The molecule has 16 nitrogen and oxygen atoms in total. The molecule has 0 aliphatic rings.